The Morgan fingerprint density at radius 3 is 3.00 bits per heavy atom. The van der Waals surface area contributed by atoms with Gasteiger partial charge in [0.2, 0.25) is 0 Å². The second-order valence-electron chi connectivity index (χ2n) is 5.75. The summed E-state index contributed by atoms with van der Waals surface area (Å²) in [6.07, 6.45) is 3.37. The Hall–Kier alpha value is -2.60. The van der Waals surface area contributed by atoms with Crippen molar-refractivity contribution in [2.45, 2.75) is 19.3 Å². The highest BCUT2D eigenvalue weighted by Crippen LogP contribution is 2.24. The third-order valence-corrected chi connectivity index (χ3v) is 4.31. The maximum absolute atomic E-state index is 12.1. The highest BCUT2D eigenvalue weighted by Gasteiger charge is 2.13. The van der Waals surface area contributed by atoms with Crippen LogP contribution in [0, 0.1) is 0 Å². The van der Waals surface area contributed by atoms with Gasteiger partial charge in [0.1, 0.15) is 11.0 Å². The smallest absolute Gasteiger partial charge is 0.265 e. The summed E-state index contributed by atoms with van der Waals surface area (Å²) < 4.78 is 0. The summed E-state index contributed by atoms with van der Waals surface area (Å²) in [4.78, 5) is 18.7. The molecule has 7 heteroatoms. The minimum atomic E-state index is -0.251. The summed E-state index contributed by atoms with van der Waals surface area (Å²) in [5, 5.41) is 11.2. The molecule has 0 bridgehead atoms. The quantitative estimate of drug-likeness (QED) is 0.791. The topological polar surface area (TPSA) is 69.0 Å². The lowest BCUT2D eigenvalue weighted by atomic mass is 10.1. The van der Waals surface area contributed by atoms with Crippen LogP contribution in [-0.2, 0) is 17.6 Å². The summed E-state index contributed by atoms with van der Waals surface area (Å²) in [5.41, 5.74) is 4.74. The van der Waals surface area contributed by atoms with Crippen LogP contribution in [0.3, 0.4) is 0 Å². The molecule has 1 amide bonds. The van der Waals surface area contributed by atoms with Crippen molar-refractivity contribution >= 4 is 34.2 Å². The van der Waals surface area contributed by atoms with E-state index in [1.54, 1.807) is 18.2 Å². The van der Waals surface area contributed by atoms with E-state index in [4.69, 9.17) is 16.4 Å². The van der Waals surface area contributed by atoms with Gasteiger partial charge in [-0.25, -0.2) is 0 Å². The summed E-state index contributed by atoms with van der Waals surface area (Å²) >= 11 is 5.96. The van der Waals surface area contributed by atoms with E-state index in [1.807, 2.05) is 12.1 Å². The van der Waals surface area contributed by atoms with E-state index < -0.39 is 0 Å². The molecule has 1 N–H and O–H groups in total. The summed E-state index contributed by atoms with van der Waals surface area (Å²) in [6, 6.07) is 11.2. The number of amides is 1. The fraction of sp³-hybridized carbons (Fsp3) is 0.235. The molecular weight excluding hydrogens is 328 g/mol. The molecule has 1 heterocycles. The molecular formula is C17H15ClN4O2. The van der Waals surface area contributed by atoms with Crippen LogP contribution >= 0.6 is 11.6 Å². The Balaban J connectivity index is 1.42. The molecule has 0 unspecified atom stereocenters. The highest BCUT2D eigenvalue weighted by atomic mass is 35.5. The zero-order valence-corrected chi connectivity index (χ0v) is 13.6. The van der Waals surface area contributed by atoms with Crippen LogP contribution in [0.5, 0.6) is 0 Å². The van der Waals surface area contributed by atoms with Gasteiger partial charge in [0.05, 0.1) is 0 Å². The molecule has 0 fully saturated rings. The van der Waals surface area contributed by atoms with Gasteiger partial charge in [-0.3, -0.25) is 4.79 Å². The van der Waals surface area contributed by atoms with Crippen LogP contribution < -0.4 is 10.2 Å². The van der Waals surface area contributed by atoms with E-state index in [-0.39, 0.29) is 12.5 Å². The minimum Gasteiger partial charge on any atom is -0.385 e. The molecule has 0 saturated heterocycles. The SMILES string of the molecule is O=C(COn1nnc2ccc(Cl)cc21)Nc1ccc2c(c1)CCC2. The average Bonchev–Trinajstić information content (AvgIpc) is 3.18. The lowest BCUT2D eigenvalue weighted by Gasteiger charge is -2.08. The number of nitrogens with zero attached hydrogens (tertiary/aromatic N) is 3. The summed E-state index contributed by atoms with van der Waals surface area (Å²) in [6.45, 7) is -0.165. The number of carbonyl (C=O) groups is 1. The number of rotatable bonds is 4. The van der Waals surface area contributed by atoms with Crippen molar-refractivity contribution in [2.75, 3.05) is 11.9 Å². The van der Waals surface area contributed by atoms with Crippen LogP contribution in [-0.4, -0.2) is 27.7 Å². The molecule has 1 aliphatic rings. The van der Waals surface area contributed by atoms with E-state index in [2.05, 4.69) is 21.7 Å². The van der Waals surface area contributed by atoms with Crippen molar-refractivity contribution in [1.29, 1.82) is 0 Å². The Bertz CT molecular complexity index is 922. The Morgan fingerprint density at radius 2 is 2.08 bits per heavy atom. The van der Waals surface area contributed by atoms with Gasteiger partial charge in [0.25, 0.3) is 5.91 Å². The van der Waals surface area contributed by atoms with Crippen LogP contribution in [0.2, 0.25) is 5.02 Å². The highest BCUT2D eigenvalue weighted by molar-refractivity contribution is 6.31. The Morgan fingerprint density at radius 1 is 1.21 bits per heavy atom. The van der Waals surface area contributed by atoms with Gasteiger partial charge in [-0.2, -0.15) is 0 Å². The average molecular weight is 343 g/mol. The third-order valence-electron chi connectivity index (χ3n) is 4.08. The molecule has 0 aliphatic heterocycles. The van der Waals surface area contributed by atoms with Crippen LogP contribution in [0.4, 0.5) is 5.69 Å². The van der Waals surface area contributed by atoms with Crippen molar-refractivity contribution in [3.63, 3.8) is 0 Å². The first-order chi connectivity index (χ1) is 11.7. The molecule has 122 valence electrons. The van der Waals surface area contributed by atoms with Crippen molar-refractivity contribution in [2.24, 2.45) is 0 Å². The first-order valence-electron chi connectivity index (χ1n) is 7.75. The Kier molecular flexibility index (Phi) is 3.82. The number of fused-ring (bicyclic) bond motifs is 2. The van der Waals surface area contributed by atoms with Crippen molar-refractivity contribution in [1.82, 2.24) is 15.2 Å². The number of hydrogen-bond acceptors (Lipinski definition) is 4. The fourth-order valence-electron chi connectivity index (χ4n) is 2.93. The third kappa shape index (κ3) is 2.92. The number of anilines is 1. The van der Waals surface area contributed by atoms with Crippen LogP contribution in [0.15, 0.2) is 36.4 Å². The van der Waals surface area contributed by atoms with Gasteiger partial charge in [-0.1, -0.05) is 22.5 Å². The van der Waals surface area contributed by atoms with Gasteiger partial charge in [0, 0.05) is 10.7 Å². The second kappa shape index (κ2) is 6.13. The number of nitrogens with one attached hydrogen (secondary N) is 1. The number of carbonyl (C=O) groups excluding carboxylic acids is 1. The van der Waals surface area contributed by atoms with E-state index >= 15 is 0 Å². The lowest BCUT2D eigenvalue weighted by molar-refractivity contribution is -0.121. The standard InChI is InChI=1S/C17H15ClN4O2/c18-13-5-7-15-16(9-13)22(21-20-15)24-10-17(23)19-14-6-4-11-2-1-3-12(11)8-14/h4-9H,1-3,10H2,(H,19,23). The van der Waals surface area contributed by atoms with Gasteiger partial charge < -0.3 is 10.2 Å². The van der Waals surface area contributed by atoms with Crippen LogP contribution in [0.25, 0.3) is 11.0 Å². The van der Waals surface area contributed by atoms with E-state index in [0.29, 0.717) is 16.1 Å². The molecule has 6 nitrogen and oxygen atoms in total. The monoisotopic (exact) mass is 342 g/mol. The Labute approximate surface area is 143 Å². The molecule has 1 aliphatic carbocycles. The molecule has 2 aromatic carbocycles. The van der Waals surface area contributed by atoms with Gasteiger partial charge in [-0.05, 0) is 65.9 Å². The van der Waals surface area contributed by atoms with Crippen LogP contribution in [0.1, 0.15) is 17.5 Å². The van der Waals surface area contributed by atoms with Crippen molar-refractivity contribution in [3.8, 4) is 0 Å². The van der Waals surface area contributed by atoms with Gasteiger partial charge >= 0.3 is 0 Å². The maximum Gasteiger partial charge on any atom is 0.265 e. The van der Waals surface area contributed by atoms with Crippen molar-refractivity contribution < 1.29 is 9.63 Å². The number of hydrogen-bond donors (Lipinski definition) is 1. The van der Waals surface area contributed by atoms with E-state index in [9.17, 15) is 4.79 Å². The second-order valence-corrected chi connectivity index (χ2v) is 6.19. The molecule has 3 aromatic rings. The first kappa shape index (κ1) is 15.0. The molecule has 24 heavy (non-hydrogen) atoms. The summed E-state index contributed by atoms with van der Waals surface area (Å²) in [5.74, 6) is -0.251. The first-order valence-corrected chi connectivity index (χ1v) is 8.13. The maximum atomic E-state index is 12.1. The number of aryl methyl sites for hydroxylation is 2. The zero-order chi connectivity index (χ0) is 16.5. The van der Waals surface area contributed by atoms with E-state index in [1.165, 1.54) is 22.4 Å². The van der Waals surface area contributed by atoms with Gasteiger partial charge in [0.15, 0.2) is 6.61 Å². The number of halogens is 1. The predicted octanol–water partition coefficient (Wildman–Crippen LogP) is 2.64. The molecule has 0 spiro atoms. The fourth-order valence-corrected chi connectivity index (χ4v) is 3.10. The number of aromatic nitrogens is 3. The minimum absolute atomic E-state index is 0.165. The molecule has 0 atom stereocenters. The van der Waals surface area contributed by atoms with E-state index in [0.717, 1.165) is 18.5 Å². The normalized spacial score (nSPS) is 13.0. The molecule has 0 saturated carbocycles. The predicted molar refractivity (Wildman–Crippen MR) is 91.1 cm³/mol. The lowest BCUT2D eigenvalue weighted by Crippen LogP contribution is -2.26. The van der Waals surface area contributed by atoms with Gasteiger partial charge in [-0.15, -0.1) is 5.10 Å². The largest absolute Gasteiger partial charge is 0.385 e. The summed E-state index contributed by atoms with van der Waals surface area (Å²) in [7, 11) is 0. The number of benzene rings is 2. The molecule has 1 aromatic heterocycles. The molecule has 0 radical (unpaired) electrons. The zero-order valence-electron chi connectivity index (χ0n) is 12.8. The van der Waals surface area contributed by atoms with Crippen molar-refractivity contribution in [3.05, 3.63) is 52.5 Å². The molecule has 4 rings (SSSR count).